The van der Waals surface area contributed by atoms with Crippen molar-refractivity contribution in [3.63, 3.8) is 0 Å². The van der Waals surface area contributed by atoms with Crippen molar-refractivity contribution in [3.05, 3.63) is 4.91 Å². The zero-order valence-electron chi connectivity index (χ0n) is 3.91. The third-order valence-corrected chi connectivity index (χ3v) is 12.3. The van der Waals surface area contributed by atoms with E-state index in [2.05, 4.69) is 23.0 Å². The molecule has 0 radical (unpaired) electrons. The molecule has 0 N–H and O–H groups in total. The van der Waals surface area contributed by atoms with Gasteiger partial charge in [0.2, 0.25) is 0 Å². The van der Waals surface area contributed by atoms with Crippen molar-refractivity contribution < 1.29 is 0 Å². The van der Waals surface area contributed by atoms with E-state index in [0.717, 1.165) is 0 Å². The summed E-state index contributed by atoms with van der Waals surface area (Å²) < 4.78 is 0. The first-order valence-electron chi connectivity index (χ1n) is 1.69. The van der Waals surface area contributed by atoms with Crippen molar-refractivity contribution in [3.8, 4) is 0 Å². The highest BCUT2D eigenvalue weighted by Gasteiger charge is 2.10. The Morgan fingerprint density at radius 3 is 2.50 bits per heavy atom. The molecular weight excluding hydrogens is 201 g/mol. The molecule has 7 heteroatoms. The first-order valence-corrected chi connectivity index (χ1v) is 8.80. The standard InChI is InChI=1S/CH6ClNOP4/c2-1(3-4)8(6)7-5/h1,7H,5-6H2. The molecule has 8 heavy (non-hydrogen) atoms. The maximum Gasteiger partial charge on any atom is 0.190 e. The highest BCUT2D eigenvalue weighted by atomic mass is 35.5. The number of nitrogens with zero attached hydrogens (tertiary/aromatic N) is 1. The second-order valence-corrected chi connectivity index (χ2v) is 11.1. The van der Waals surface area contributed by atoms with Crippen LogP contribution in [0.25, 0.3) is 0 Å². The smallest absolute Gasteiger partial charge is 0.149 e. The van der Waals surface area contributed by atoms with Crippen LogP contribution in [0.15, 0.2) is 5.18 Å². The Labute approximate surface area is 60.5 Å². The normalized spacial score (nSPS) is 18.9. The largest absolute Gasteiger partial charge is 0.190 e. The Bertz CT molecular complexity index is 80.4. The number of halogens is 1. The van der Waals surface area contributed by atoms with Gasteiger partial charge in [-0.2, -0.15) is 0 Å². The van der Waals surface area contributed by atoms with Crippen LogP contribution in [0.3, 0.4) is 0 Å². The molecule has 5 unspecified atom stereocenters. The SMILES string of the molecule is O=NC(Cl)P(P)PP. The van der Waals surface area contributed by atoms with Crippen LogP contribution in [0.1, 0.15) is 0 Å². The molecule has 0 aliphatic carbocycles. The minimum absolute atomic E-state index is 0.446. The monoisotopic (exact) mass is 207 g/mol. The molecule has 0 aliphatic heterocycles. The van der Waals surface area contributed by atoms with Gasteiger partial charge in [-0.05, 0) is 12.5 Å². The maximum atomic E-state index is 9.72. The summed E-state index contributed by atoms with van der Waals surface area (Å²) in [5, 5.41) is 2.15. The van der Waals surface area contributed by atoms with E-state index < -0.39 is 12.5 Å². The fourth-order valence-electron chi connectivity index (χ4n) is 0.112. The average Bonchev–Trinajstić information content (AvgIpc) is 1.84. The predicted octanol–water partition coefficient (Wildman–Crippen LogP) is 2.93. The number of rotatable bonds is 3. The topological polar surface area (TPSA) is 29.4 Å². The Hall–Kier alpha value is 1.61. The lowest BCUT2D eigenvalue weighted by Gasteiger charge is -2.06. The van der Waals surface area contributed by atoms with Crippen molar-refractivity contribution in [2.45, 2.75) is 5.24 Å². The minimum atomic E-state index is -0.522. The number of hydrogen-bond donors (Lipinski definition) is 0. The summed E-state index contributed by atoms with van der Waals surface area (Å²) in [6.07, 6.45) is 0. The Morgan fingerprint density at radius 1 is 1.88 bits per heavy atom. The lowest BCUT2D eigenvalue weighted by atomic mass is 11.5. The van der Waals surface area contributed by atoms with E-state index in [0.29, 0.717) is 7.96 Å². The first kappa shape index (κ1) is 9.61. The number of hydrogen-bond acceptors (Lipinski definition) is 2. The third kappa shape index (κ3) is 3.60. The van der Waals surface area contributed by atoms with E-state index in [9.17, 15) is 4.91 Å². The number of alkyl halides is 1. The van der Waals surface area contributed by atoms with Crippen molar-refractivity contribution in [1.29, 1.82) is 0 Å². The van der Waals surface area contributed by atoms with E-state index in [1.54, 1.807) is 0 Å². The molecule has 2 nitrogen and oxygen atoms in total. The second kappa shape index (κ2) is 5.40. The van der Waals surface area contributed by atoms with Crippen LogP contribution in [0.4, 0.5) is 0 Å². The summed E-state index contributed by atoms with van der Waals surface area (Å²) in [5.41, 5.74) is 0. The molecule has 0 bridgehead atoms. The predicted molar refractivity (Wildman–Crippen MR) is 50.1 cm³/mol. The summed E-state index contributed by atoms with van der Waals surface area (Å²) in [6, 6.07) is 0. The summed E-state index contributed by atoms with van der Waals surface area (Å²) in [5.74, 6) is 0. The quantitative estimate of drug-likeness (QED) is 0.303. The highest BCUT2D eigenvalue weighted by molar-refractivity contribution is 8.61. The molecule has 0 aromatic rings. The van der Waals surface area contributed by atoms with Gasteiger partial charge in [-0.25, -0.2) is 0 Å². The molecule has 0 spiro atoms. The van der Waals surface area contributed by atoms with E-state index in [1.807, 2.05) is 0 Å². The van der Waals surface area contributed by atoms with Gasteiger partial charge in [0.05, 0.1) is 0 Å². The number of nitroso groups, excluding NO2 is 1. The van der Waals surface area contributed by atoms with Gasteiger partial charge in [-0.15, -0.1) is 22.8 Å². The Morgan fingerprint density at radius 2 is 2.38 bits per heavy atom. The van der Waals surface area contributed by atoms with Crippen LogP contribution >= 0.6 is 44.7 Å². The first-order chi connectivity index (χ1) is 3.72. The van der Waals surface area contributed by atoms with Crippen LogP contribution in [-0.2, 0) is 0 Å². The zero-order chi connectivity index (χ0) is 6.57. The summed E-state index contributed by atoms with van der Waals surface area (Å²) in [6.45, 7) is 0. The lowest BCUT2D eigenvalue weighted by Crippen LogP contribution is -1.76. The molecule has 0 saturated carbocycles. The van der Waals surface area contributed by atoms with Crippen LogP contribution in [-0.4, -0.2) is 5.24 Å². The van der Waals surface area contributed by atoms with Gasteiger partial charge in [0, 0.05) is 0 Å². The van der Waals surface area contributed by atoms with Crippen LogP contribution in [0, 0.1) is 4.91 Å². The van der Waals surface area contributed by atoms with Crippen molar-refractivity contribution in [2.24, 2.45) is 5.18 Å². The van der Waals surface area contributed by atoms with Crippen molar-refractivity contribution in [2.75, 3.05) is 0 Å². The van der Waals surface area contributed by atoms with Gasteiger partial charge in [0.25, 0.3) is 0 Å². The molecule has 0 amide bonds. The maximum absolute atomic E-state index is 9.72. The molecule has 48 valence electrons. The van der Waals surface area contributed by atoms with Crippen LogP contribution < -0.4 is 0 Å². The summed E-state index contributed by atoms with van der Waals surface area (Å²) in [7, 11) is 5.26. The molecule has 0 heterocycles. The lowest BCUT2D eigenvalue weighted by molar-refractivity contribution is 1.26. The molecular formula is CH6ClNOP4. The summed E-state index contributed by atoms with van der Waals surface area (Å²) >= 11 is 5.44. The van der Waals surface area contributed by atoms with Crippen LogP contribution in [0.5, 0.6) is 0 Å². The van der Waals surface area contributed by atoms with Crippen LogP contribution in [0.2, 0.25) is 0 Å². The molecule has 5 atom stereocenters. The molecule has 0 aromatic heterocycles. The Kier molecular flexibility index (Phi) is 6.49. The van der Waals surface area contributed by atoms with Crippen molar-refractivity contribution in [1.82, 2.24) is 0 Å². The molecule has 0 aromatic carbocycles. The highest BCUT2D eigenvalue weighted by Crippen LogP contribution is 2.70. The molecule has 0 rings (SSSR count). The van der Waals surface area contributed by atoms with Crippen molar-refractivity contribution >= 4 is 44.7 Å². The fourth-order valence-corrected chi connectivity index (χ4v) is 3.64. The van der Waals surface area contributed by atoms with Gasteiger partial charge in [0.15, 0.2) is 5.24 Å². The van der Waals surface area contributed by atoms with Gasteiger partial charge >= 0.3 is 0 Å². The van der Waals surface area contributed by atoms with E-state index in [1.165, 1.54) is 0 Å². The van der Waals surface area contributed by atoms with E-state index >= 15 is 0 Å². The molecule has 0 aliphatic rings. The van der Waals surface area contributed by atoms with Gasteiger partial charge in [0.1, 0.15) is 0 Å². The summed E-state index contributed by atoms with van der Waals surface area (Å²) in [4.78, 5) is 9.72. The average molecular weight is 207 g/mol. The van der Waals surface area contributed by atoms with Gasteiger partial charge < -0.3 is 0 Å². The second-order valence-electron chi connectivity index (χ2n) is 0.952. The van der Waals surface area contributed by atoms with E-state index in [4.69, 9.17) is 11.6 Å². The van der Waals surface area contributed by atoms with Gasteiger partial charge in [-0.3, -0.25) is 0 Å². The fraction of sp³-hybridized carbons (Fsp3) is 1.00. The van der Waals surface area contributed by atoms with E-state index in [-0.39, 0.29) is 0 Å². The minimum Gasteiger partial charge on any atom is -0.149 e. The Balaban J connectivity index is 3.44. The molecule has 0 saturated heterocycles. The third-order valence-electron chi connectivity index (χ3n) is 0.466. The molecule has 0 fully saturated rings. The van der Waals surface area contributed by atoms with Gasteiger partial charge in [-0.1, -0.05) is 19.6 Å². The zero-order valence-corrected chi connectivity index (χ0v) is 8.87.